The van der Waals surface area contributed by atoms with E-state index < -0.39 is 6.10 Å². The molecule has 0 bridgehead atoms. The highest BCUT2D eigenvalue weighted by molar-refractivity contribution is 6.06. The molecule has 21 heavy (non-hydrogen) atoms. The number of rotatable bonds is 4. The minimum absolute atomic E-state index is 0.153. The number of carbonyl (C=O) groups is 1. The van der Waals surface area contributed by atoms with Crippen molar-refractivity contribution in [1.82, 2.24) is 5.32 Å². The van der Waals surface area contributed by atoms with Crippen molar-refractivity contribution in [1.29, 1.82) is 0 Å². The minimum Gasteiger partial charge on any atom is -0.461 e. The van der Waals surface area contributed by atoms with E-state index in [2.05, 4.69) is 11.4 Å². The van der Waals surface area contributed by atoms with E-state index in [0.29, 0.717) is 5.76 Å². The summed E-state index contributed by atoms with van der Waals surface area (Å²) in [6.07, 6.45) is -0.371. The second kappa shape index (κ2) is 5.58. The zero-order chi connectivity index (χ0) is 14.8. The first-order chi connectivity index (χ1) is 10.1. The van der Waals surface area contributed by atoms with Gasteiger partial charge in [-0.3, -0.25) is 4.79 Å². The summed E-state index contributed by atoms with van der Waals surface area (Å²) >= 11 is 0. The molecule has 4 heteroatoms. The van der Waals surface area contributed by atoms with Crippen molar-refractivity contribution < 1.29 is 14.3 Å². The van der Waals surface area contributed by atoms with Gasteiger partial charge in [0.05, 0.1) is 12.5 Å². The Labute approximate surface area is 122 Å². The van der Waals surface area contributed by atoms with Crippen LogP contribution in [0.1, 0.15) is 12.7 Å². The Morgan fingerprint density at radius 2 is 2.05 bits per heavy atom. The van der Waals surface area contributed by atoms with Crippen molar-refractivity contribution in [3.63, 3.8) is 0 Å². The molecule has 3 rings (SSSR count). The predicted molar refractivity (Wildman–Crippen MR) is 82.1 cm³/mol. The molecule has 4 nitrogen and oxygen atoms in total. The lowest BCUT2D eigenvalue weighted by Gasteiger charge is -2.05. The van der Waals surface area contributed by atoms with Gasteiger partial charge in [0.25, 0.3) is 0 Å². The van der Waals surface area contributed by atoms with Gasteiger partial charge in [-0.25, -0.2) is 0 Å². The van der Waals surface area contributed by atoms with Gasteiger partial charge in [-0.2, -0.15) is 0 Å². The van der Waals surface area contributed by atoms with Crippen LogP contribution in [0.3, 0.4) is 0 Å². The molecule has 2 aromatic carbocycles. The summed E-state index contributed by atoms with van der Waals surface area (Å²) in [4.78, 5) is 11.8. The largest absolute Gasteiger partial charge is 0.461 e. The van der Waals surface area contributed by atoms with Crippen LogP contribution in [-0.2, 0) is 11.2 Å². The number of fused-ring (bicyclic) bond motifs is 3. The number of hydrogen-bond donors (Lipinski definition) is 2. The lowest BCUT2D eigenvalue weighted by molar-refractivity contribution is -0.121. The third-order valence-electron chi connectivity index (χ3n) is 3.41. The Kier molecular flexibility index (Phi) is 3.62. The molecule has 1 aromatic heterocycles. The Hall–Kier alpha value is -2.33. The topological polar surface area (TPSA) is 62.5 Å². The van der Waals surface area contributed by atoms with Gasteiger partial charge in [-0.1, -0.05) is 30.3 Å². The number of carbonyl (C=O) groups excluding carboxylic acids is 1. The molecule has 108 valence electrons. The van der Waals surface area contributed by atoms with Crippen LogP contribution in [0.25, 0.3) is 21.7 Å². The number of benzene rings is 2. The molecule has 0 radical (unpaired) electrons. The summed E-state index contributed by atoms with van der Waals surface area (Å²) in [6.45, 7) is 1.88. The number of nitrogens with one attached hydrogen (secondary N) is 1. The van der Waals surface area contributed by atoms with Crippen LogP contribution in [0.4, 0.5) is 0 Å². The standard InChI is InChI=1S/C17H17NO3/c1-11(19)10-18-17(20)9-13-8-15-14-5-3-2-4-12(14)6-7-16(15)21-13/h2-8,11,19H,9-10H2,1H3,(H,18,20). The zero-order valence-electron chi connectivity index (χ0n) is 11.8. The van der Waals surface area contributed by atoms with Crippen molar-refractivity contribution in [2.45, 2.75) is 19.4 Å². The fourth-order valence-electron chi connectivity index (χ4n) is 2.41. The van der Waals surface area contributed by atoms with E-state index in [0.717, 1.165) is 21.7 Å². The molecule has 0 fully saturated rings. The molecule has 1 amide bonds. The normalized spacial score (nSPS) is 12.7. The Morgan fingerprint density at radius 3 is 2.86 bits per heavy atom. The summed E-state index contributed by atoms with van der Waals surface area (Å²) in [5.41, 5.74) is 0.784. The Balaban J connectivity index is 1.87. The Morgan fingerprint density at radius 1 is 1.24 bits per heavy atom. The first kappa shape index (κ1) is 13.6. The highest BCUT2D eigenvalue weighted by Gasteiger charge is 2.11. The third kappa shape index (κ3) is 2.90. The first-order valence-electron chi connectivity index (χ1n) is 6.98. The van der Waals surface area contributed by atoms with E-state index in [1.54, 1.807) is 6.92 Å². The number of aliphatic hydroxyl groups excluding tert-OH is 1. The van der Waals surface area contributed by atoms with Crippen LogP contribution in [0.2, 0.25) is 0 Å². The predicted octanol–water partition coefficient (Wildman–Crippen LogP) is 2.63. The molecular formula is C17H17NO3. The van der Waals surface area contributed by atoms with Crippen molar-refractivity contribution in [3.05, 3.63) is 48.2 Å². The van der Waals surface area contributed by atoms with Gasteiger partial charge < -0.3 is 14.8 Å². The highest BCUT2D eigenvalue weighted by atomic mass is 16.3. The van der Waals surface area contributed by atoms with Crippen LogP contribution in [0.5, 0.6) is 0 Å². The summed E-state index contributed by atoms with van der Waals surface area (Å²) in [7, 11) is 0. The molecule has 1 atom stereocenters. The first-order valence-corrected chi connectivity index (χ1v) is 6.98. The van der Waals surface area contributed by atoms with E-state index in [9.17, 15) is 4.79 Å². The van der Waals surface area contributed by atoms with Crippen molar-refractivity contribution in [2.24, 2.45) is 0 Å². The van der Waals surface area contributed by atoms with Crippen LogP contribution >= 0.6 is 0 Å². The van der Waals surface area contributed by atoms with Crippen LogP contribution in [-0.4, -0.2) is 23.7 Å². The molecule has 3 aromatic rings. The number of furan rings is 1. The molecule has 2 N–H and O–H groups in total. The summed E-state index contributed by atoms with van der Waals surface area (Å²) in [5, 5.41) is 15.1. The molecular weight excluding hydrogens is 266 g/mol. The van der Waals surface area contributed by atoms with Crippen molar-refractivity contribution >= 4 is 27.6 Å². The highest BCUT2D eigenvalue weighted by Crippen LogP contribution is 2.28. The number of hydrogen-bond acceptors (Lipinski definition) is 3. The Bertz CT molecular complexity index is 789. The van der Waals surface area contributed by atoms with E-state index in [1.807, 2.05) is 36.4 Å². The smallest absolute Gasteiger partial charge is 0.227 e. The van der Waals surface area contributed by atoms with Gasteiger partial charge >= 0.3 is 0 Å². The van der Waals surface area contributed by atoms with E-state index in [4.69, 9.17) is 9.52 Å². The van der Waals surface area contributed by atoms with Gasteiger partial charge in [-0.15, -0.1) is 0 Å². The molecule has 0 saturated carbocycles. The molecule has 0 aliphatic carbocycles. The lowest BCUT2D eigenvalue weighted by Crippen LogP contribution is -2.31. The maximum absolute atomic E-state index is 11.8. The second-order valence-electron chi connectivity index (χ2n) is 5.24. The maximum Gasteiger partial charge on any atom is 0.227 e. The molecule has 0 saturated heterocycles. The average molecular weight is 283 g/mol. The van der Waals surface area contributed by atoms with Gasteiger partial charge in [0.1, 0.15) is 11.3 Å². The summed E-state index contributed by atoms with van der Waals surface area (Å²) < 4.78 is 5.73. The lowest BCUT2D eigenvalue weighted by atomic mass is 10.1. The van der Waals surface area contributed by atoms with Gasteiger partial charge in [-0.05, 0) is 29.8 Å². The van der Waals surface area contributed by atoms with Crippen molar-refractivity contribution in [3.8, 4) is 0 Å². The van der Waals surface area contributed by atoms with Crippen LogP contribution in [0.15, 0.2) is 46.9 Å². The van der Waals surface area contributed by atoms with Gasteiger partial charge in [0.2, 0.25) is 5.91 Å². The average Bonchev–Trinajstić information content (AvgIpc) is 2.88. The SMILES string of the molecule is CC(O)CNC(=O)Cc1cc2c(ccc3ccccc32)o1. The van der Waals surface area contributed by atoms with Crippen LogP contribution < -0.4 is 5.32 Å². The molecule has 1 unspecified atom stereocenters. The van der Waals surface area contributed by atoms with E-state index in [-0.39, 0.29) is 18.9 Å². The maximum atomic E-state index is 11.8. The van der Waals surface area contributed by atoms with Gasteiger partial charge in [0.15, 0.2) is 0 Å². The van der Waals surface area contributed by atoms with Crippen LogP contribution in [0, 0.1) is 0 Å². The monoisotopic (exact) mass is 283 g/mol. The zero-order valence-corrected chi connectivity index (χ0v) is 11.8. The van der Waals surface area contributed by atoms with E-state index in [1.165, 1.54) is 0 Å². The molecule has 0 spiro atoms. The van der Waals surface area contributed by atoms with E-state index >= 15 is 0 Å². The van der Waals surface area contributed by atoms with Crippen molar-refractivity contribution in [2.75, 3.05) is 6.54 Å². The number of amides is 1. The molecule has 0 aliphatic rings. The van der Waals surface area contributed by atoms with Gasteiger partial charge in [0, 0.05) is 11.9 Å². The molecule has 1 heterocycles. The summed E-state index contributed by atoms with van der Waals surface area (Å²) in [6, 6.07) is 13.9. The quantitative estimate of drug-likeness (QED) is 0.773. The fourth-order valence-corrected chi connectivity index (χ4v) is 2.41. The number of aliphatic hydroxyl groups is 1. The minimum atomic E-state index is -0.548. The molecule has 0 aliphatic heterocycles. The fraction of sp³-hybridized carbons (Fsp3) is 0.235. The third-order valence-corrected chi connectivity index (χ3v) is 3.41. The summed E-state index contributed by atoms with van der Waals surface area (Å²) in [5.74, 6) is 0.476. The second-order valence-corrected chi connectivity index (χ2v) is 5.24.